The molecule has 5 heteroatoms. The van der Waals surface area contributed by atoms with Gasteiger partial charge in [-0.2, -0.15) is 0 Å². The number of ether oxygens (including phenoxy) is 1. The number of nitrogens with one attached hydrogen (secondary N) is 1. The second-order valence-corrected chi connectivity index (χ2v) is 6.29. The Balaban J connectivity index is 1.86. The molecule has 2 fully saturated rings. The first kappa shape index (κ1) is 14.8. The molecule has 3 unspecified atom stereocenters. The maximum Gasteiger partial charge on any atom is 0.169 e. The summed E-state index contributed by atoms with van der Waals surface area (Å²) in [5.74, 6) is 6.12. The Hall–Kier alpha value is -1.17. The van der Waals surface area contributed by atoms with Crippen molar-refractivity contribution in [3.05, 3.63) is 29.6 Å². The highest BCUT2D eigenvalue weighted by Crippen LogP contribution is 2.43. The molecule has 2 saturated heterocycles. The third kappa shape index (κ3) is 2.54. The minimum Gasteiger partial charge on any atom is -0.494 e. The highest BCUT2D eigenvalue weighted by atomic mass is 19.1. The summed E-state index contributed by atoms with van der Waals surface area (Å²) in [6, 6.07) is 6.34. The van der Waals surface area contributed by atoms with E-state index in [0.29, 0.717) is 23.6 Å². The molecule has 21 heavy (non-hydrogen) atoms. The fourth-order valence-electron chi connectivity index (χ4n) is 4.13. The molecule has 0 saturated carbocycles. The van der Waals surface area contributed by atoms with Gasteiger partial charge in [0.15, 0.2) is 11.6 Å². The second-order valence-electron chi connectivity index (χ2n) is 6.29. The first-order valence-corrected chi connectivity index (χ1v) is 7.66. The molecule has 3 N–H and O–H groups in total. The Morgan fingerprint density at radius 1 is 1.33 bits per heavy atom. The molecule has 0 radical (unpaired) electrons. The molecule has 4 nitrogen and oxygen atoms in total. The Bertz CT molecular complexity index is 496. The predicted molar refractivity (Wildman–Crippen MR) is 80.3 cm³/mol. The van der Waals surface area contributed by atoms with E-state index in [4.69, 9.17) is 10.6 Å². The lowest BCUT2D eigenvalue weighted by atomic mass is 9.82. The van der Waals surface area contributed by atoms with E-state index in [2.05, 4.69) is 17.4 Å². The molecule has 3 atom stereocenters. The summed E-state index contributed by atoms with van der Waals surface area (Å²) in [5.41, 5.74) is 3.47. The van der Waals surface area contributed by atoms with Crippen molar-refractivity contribution in [3.8, 4) is 5.75 Å². The van der Waals surface area contributed by atoms with Crippen molar-refractivity contribution >= 4 is 0 Å². The maximum atomic E-state index is 14.5. The van der Waals surface area contributed by atoms with Gasteiger partial charge in [0.25, 0.3) is 0 Å². The molecule has 0 amide bonds. The molecule has 1 aromatic carbocycles. The normalized spacial score (nSPS) is 30.4. The third-order valence-corrected chi connectivity index (χ3v) is 5.33. The third-order valence-electron chi connectivity index (χ3n) is 5.33. The van der Waals surface area contributed by atoms with Crippen LogP contribution in [0.2, 0.25) is 0 Å². The summed E-state index contributed by atoms with van der Waals surface area (Å²) in [5, 5.41) is 0. The van der Waals surface area contributed by atoms with Crippen molar-refractivity contribution in [1.82, 2.24) is 10.3 Å². The summed E-state index contributed by atoms with van der Waals surface area (Å²) in [6.45, 7) is 0. The van der Waals surface area contributed by atoms with Gasteiger partial charge in [-0.05, 0) is 44.7 Å². The molecule has 0 spiro atoms. The number of rotatable bonds is 4. The minimum atomic E-state index is -0.297. The standard InChI is InChI=1S/C16H24FN3O/c1-20-11-6-7-12(20)9-10(8-11)16(19-18)13-4-3-5-14(21-2)15(13)17/h3-5,10-12,16,19H,6-9,18H2,1-2H3. The van der Waals surface area contributed by atoms with E-state index in [-0.39, 0.29) is 17.6 Å². The molecule has 0 aliphatic carbocycles. The van der Waals surface area contributed by atoms with E-state index in [1.54, 1.807) is 6.07 Å². The molecule has 0 aromatic heterocycles. The van der Waals surface area contributed by atoms with Gasteiger partial charge < -0.3 is 9.64 Å². The van der Waals surface area contributed by atoms with Gasteiger partial charge in [0.2, 0.25) is 0 Å². The van der Waals surface area contributed by atoms with E-state index in [0.717, 1.165) is 12.8 Å². The lowest BCUT2D eigenvalue weighted by Crippen LogP contribution is -2.45. The topological polar surface area (TPSA) is 50.5 Å². The fourth-order valence-corrected chi connectivity index (χ4v) is 4.13. The zero-order chi connectivity index (χ0) is 15.0. The van der Waals surface area contributed by atoms with Crippen LogP contribution in [0.1, 0.15) is 37.3 Å². The van der Waals surface area contributed by atoms with Crippen LogP contribution in [-0.2, 0) is 0 Å². The predicted octanol–water partition coefficient (Wildman–Crippen LogP) is 2.21. The van der Waals surface area contributed by atoms with Crippen LogP contribution in [0.25, 0.3) is 0 Å². The lowest BCUT2D eigenvalue weighted by Gasteiger charge is -2.39. The van der Waals surface area contributed by atoms with Crippen LogP contribution in [0.15, 0.2) is 18.2 Å². The van der Waals surface area contributed by atoms with Crippen molar-refractivity contribution in [2.45, 2.75) is 43.8 Å². The first-order valence-electron chi connectivity index (χ1n) is 7.66. The molecule has 2 aliphatic rings. The largest absolute Gasteiger partial charge is 0.494 e. The maximum absolute atomic E-state index is 14.5. The Kier molecular flexibility index (Phi) is 4.15. The van der Waals surface area contributed by atoms with Crippen LogP contribution < -0.4 is 16.0 Å². The average Bonchev–Trinajstić information content (AvgIpc) is 2.72. The van der Waals surface area contributed by atoms with Crippen molar-refractivity contribution in [1.29, 1.82) is 0 Å². The SMILES string of the molecule is COc1cccc(C(NN)C2CC3CCC(C2)N3C)c1F. The van der Waals surface area contributed by atoms with Gasteiger partial charge in [-0.25, -0.2) is 4.39 Å². The van der Waals surface area contributed by atoms with Crippen molar-refractivity contribution in [2.24, 2.45) is 11.8 Å². The number of piperidine rings is 1. The zero-order valence-corrected chi connectivity index (χ0v) is 12.7. The average molecular weight is 293 g/mol. The van der Waals surface area contributed by atoms with E-state index >= 15 is 0 Å². The smallest absolute Gasteiger partial charge is 0.169 e. The molecule has 2 heterocycles. The highest BCUT2D eigenvalue weighted by molar-refractivity contribution is 5.33. The van der Waals surface area contributed by atoms with Crippen LogP contribution in [0.3, 0.4) is 0 Å². The van der Waals surface area contributed by atoms with Crippen LogP contribution in [0.4, 0.5) is 4.39 Å². The number of methoxy groups -OCH3 is 1. The summed E-state index contributed by atoms with van der Waals surface area (Å²) < 4.78 is 19.6. The monoisotopic (exact) mass is 293 g/mol. The number of benzene rings is 1. The molecule has 2 bridgehead atoms. The summed E-state index contributed by atoms with van der Waals surface area (Å²) >= 11 is 0. The van der Waals surface area contributed by atoms with Gasteiger partial charge in [-0.1, -0.05) is 12.1 Å². The zero-order valence-electron chi connectivity index (χ0n) is 12.7. The number of halogens is 1. The quantitative estimate of drug-likeness (QED) is 0.660. The second kappa shape index (κ2) is 5.91. The fraction of sp³-hybridized carbons (Fsp3) is 0.625. The lowest BCUT2D eigenvalue weighted by molar-refractivity contribution is 0.111. The van der Waals surface area contributed by atoms with Crippen molar-refractivity contribution in [3.63, 3.8) is 0 Å². The number of hydrogen-bond donors (Lipinski definition) is 2. The van der Waals surface area contributed by atoms with Gasteiger partial charge in [0.05, 0.1) is 13.2 Å². The molecule has 3 rings (SSSR count). The highest BCUT2D eigenvalue weighted by Gasteiger charge is 2.41. The first-order chi connectivity index (χ1) is 10.2. The Morgan fingerprint density at radius 2 is 2.00 bits per heavy atom. The van der Waals surface area contributed by atoms with Crippen LogP contribution in [0.5, 0.6) is 5.75 Å². The van der Waals surface area contributed by atoms with E-state index in [1.807, 2.05) is 12.1 Å². The minimum absolute atomic E-state index is 0.156. The van der Waals surface area contributed by atoms with Gasteiger partial charge in [0, 0.05) is 17.6 Å². The van der Waals surface area contributed by atoms with Gasteiger partial charge in [-0.15, -0.1) is 0 Å². The molecule has 116 valence electrons. The van der Waals surface area contributed by atoms with E-state index in [1.165, 1.54) is 20.0 Å². The van der Waals surface area contributed by atoms with Crippen LogP contribution in [0, 0.1) is 11.7 Å². The number of hydrazine groups is 1. The Labute approximate surface area is 125 Å². The van der Waals surface area contributed by atoms with Crippen molar-refractivity contribution < 1.29 is 9.13 Å². The molecular formula is C16H24FN3O. The molecule has 1 aromatic rings. The van der Waals surface area contributed by atoms with Crippen LogP contribution in [-0.4, -0.2) is 31.1 Å². The summed E-state index contributed by atoms with van der Waals surface area (Å²) in [6.07, 6.45) is 4.63. The van der Waals surface area contributed by atoms with Gasteiger partial charge in [-0.3, -0.25) is 11.3 Å². The number of nitrogens with two attached hydrogens (primary N) is 1. The number of fused-ring (bicyclic) bond motifs is 2. The number of hydrogen-bond acceptors (Lipinski definition) is 4. The summed E-state index contributed by atoms with van der Waals surface area (Å²) in [4.78, 5) is 2.48. The van der Waals surface area contributed by atoms with E-state index < -0.39 is 0 Å². The van der Waals surface area contributed by atoms with Gasteiger partial charge in [0.1, 0.15) is 0 Å². The van der Waals surface area contributed by atoms with E-state index in [9.17, 15) is 4.39 Å². The van der Waals surface area contributed by atoms with Gasteiger partial charge >= 0.3 is 0 Å². The number of nitrogens with zero attached hydrogens (tertiary/aromatic N) is 1. The molecule has 2 aliphatic heterocycles. The van der Waals surface area contributed by atoms with Crippen LogP contribution >= 0.6 is 0 Å². The summed E-state index contributed by atoms with van der Waals surface area (Å²) in [7, 11) is 3.69. The molecular weight excluding hydrogens is 269 g/mol. The van der Waals surface area contributed by atoms with Crippen molar-refractivity contribution in [2.75, 3.05) is 14.2 Å². The Morgan fingerprint density at radius 3 is 2.57 bits per heavy atom.